The number of carbonyl (C=O) groups excluding carboxylic acids is 1. The third-order valence-corrected chi connectivity index (χ3v) is 2.27. The molecule has 0 bridgehead atoms. The van der Waals surface area contributed by atoms with Crippen LogP contribution >= 0.6 is 0 Å². The third-order valence-electron chi connectivity index (χ3n) is 2.27. The molecule has 14 heavy (non-hydrogen) atoms. The Balaban J connectivity index is 2.29. The van der Waals surface area contributed by atoms with Gasteiger partial charge in [0.05, 0.1) is 0 Å². The number of benzene rings is 1. The number of amides is 1. The number of aliphatic hydroxyl groups excluding tert-OH is 1. The van der Waals surface area contributed by atoms with E-state index in [4.69, 9.17) is 0 Å². The van der Waals surface area contributed by atoms with Crippen molar-refractivity contribution in [3.63, 3.8) is 0 Å². The average molecular weight is 189 g/mol. The van der Waals surface area contributed by atoms with Crippen LogP contribution in [0.4, 0.5) is 0 Å². The van der Waals surface area contributed by atoms with Crippen molar-refractivity contribution < 1.29 is 9.90 Å². The Morgan fingerprint density at radius 3 is 2.43 bits per heavy atom. The molecule has 0 saturated carbocycles. The smallest absolute Gasteiger partial charge is 0.248 e. The lowest BCUT2D eigenvalue weighted by Crippen LogP contribution is -2.20. The first-order chi connectivity index (χ1) is 6.66. The van der Waals surface area contributed by atoms with Gasteiger partial charge in [0.2, 0.25) is 5.91 Å². The van der Waals surface area contributed by atoms with E-state index in [1.165, 1.54) is 6.08 Å². The monoisotopic (exact) mass is 189 g/mol. The van der Waals surface area contributed by atoms with Crippen LogP contribution in [0.3, 0.4) is 0 Å². The van der Waals surface area contributed by atoms with Crippen molar-refractivity contribution in [2.45, 2.75) is 13.0 Å². The SMILES string of the molecule is Cc1ccc(C2NC(=O)C=C2O)cc1. The molecule has 1 amide bonds. The van der Waals surface area contributed by atoms with Crippen molar-refractivity contribution in [1.82, 2.24) is 5.32 Å². The fourth-order valence-corrected chi connectivity index (χ4v) is 1.49. The molecule has 1 aromatic rings. The summed E-state index contributed by atoms with van der Waals surface area (Å²) in [5.41, 5.74) is 2.05. The molecule has 1 atom stereocenters. The molecule has 3 nitrogen and oxygen atoms in total. The Morgan fingerprint density at radius 1 is 1.29 bits per heavy atom. The van der Waals surface area contributed by atoms with Gasteiger partial charge in [-0.1, -0.05) is 29.8 Å². The largest absolute Gasteiger partial charge is 0.510 e. The first kappa shape index (κ1) is 8.81. The van der Waals surface area contributed by atoms with Crippen LogP contribution in [0.1, 0.15) is 17.2 Å². The zero-order chi connectivity index (χ0) is 10.1. The van der Waals surface area contributed by atoms with Crippen LogP contribution in [-0.2, 0) is 4.79 Å². The maximum atomic E-state index is 11.0. The Kier molecular flexibility index (Phi) is 2.00. The van der Waals surface area contributed by atoms with Crippen LogP contribution in [0.15, 0.2) is 36.1 Å². The molecular weight excluding hydrogens is 178 g/mol. The molecule has 1 aromatic carbocycles. The van der Waals surface area contributed by atoms with Crippen molar-refractivity contribution in [3.05, 3.63) is 47.2 Å². The van der Waals surface area contributed by atoms with E-state index in [-0.39, 0.29) is 17.7 Å². The average Bonchev–Trinajstić information content (AvgIpc) is 2.47. The second-order valence-electron chi connectivity index (χ2n) is 3.42. The number of rotatable bonds is 1. The van der Waals surface area contributed by atoms with Crippen LogP contribution in [-0.4, -0.2) is 11.0 Å². The zero-order valence-corrected chi connectivity index (χ0v) is 7.82. The molecule has 1 heterocycles. The predicted octanol–water partition coefficient (Wildman–Crippen LogP) is 1.61. The van der Waals surface area contributed by atoms with Gasteiger partial charge in [0.1, 0.15) is 11.8 Å². The van der Waals surface area contributed by atoms with E-state index in [1.807, 2.05) is 31.2 Å². The van der Waals surface area contributed by atoms with E-state index in [0.717, 1.165) is 11.1 Å². The number of hydrogen-bond donors (Lipinski definition) is 2. The van der Waals surface area contributed by atoms with E-state index in [2.05, 4.69) is 5.32 Å². The minimum absolute atomic E-state index is 0.0823. The summed E-state index contributed by atoms with van der Waals surface area (Å²) in [5.74, 6) is -0.160. The minimum Gasteiger partial charge on any atom is -0.510 e. The highest BCUT2D eigenvalue weighted by molar-refractivity contribution is 5.91. The summed E-state index contributed by atoms with van der Waals surface area (Å²) in [6, 6.07) is 7.33. The van der Waals surface area contributed by atoms with Gasteiger partial charge < -0.3 is 10.4 Å². The van der Waals surface area contributed by atoms with Crippen molar-refractivity contribution in [1.29, 1.82) is 0 Å². The quantitative estimate of drug-likeness (QED) is 0.705. The molecule has 1 unspecified atom stereocenters. The third kappa shape index (κ3) is 1.48. The first-order valence-electron chi connectivity index (χ1n) is 4.44. The van der Waals surface area contributed by atoms with Crippen LogP contribution in [0.2, 0.25) is 0 Å². The van der Waals surface area contributed by atoms with E-state index in [9.17, 15) is 9.90 Å². The molecule has 2 rings (SSSR count). The van der Waals surface area contributed by atoms with Crippen molar-refractivity contribution in [3.8, 4) is 0 Å². The fraction of sp³-hybridized carbons (Fsp3) is 0.182. The lowest BCUT2D eigenvalue weighted by molar-refractivity contribution is -0.116. The van der Waals surface area contributed by atoms with Crippen LogP contribution in [0, 0.1) is 6.92 Å². The van der Waals surface area contributed by atoms with Crippen LogP contribution < -0.4 is 5.32 Å². The highest BCUT2D eigenvalue weighted by Gasteiger charge is 2.24. The summed E-state index contributed by atoms with van der Waals surface area (Å²) < 4.78 is 0. The number of aliphatic hydroxyl groups is 1. The Morgan fingerprint density at radius 2 is 1.93 bits per heavy atom. The summed E-state index contributed by atoms with van der Waals surface area (Å²) in [6.07, 6.45) is 1.21. The molecular formula is C11H11NO2. The lowest BCUT2D eigenvalue weighted by Gasteiger charge is -2.11. The highest BCUT2D eigenvalue weighted by Crippen LogP contribution is 2.23. The number of hydrogen-bond acceptors (Lipinski definition) is 2. The van der Waals surface area contributed by atoms with Gasteiger partial charge in [-0.3, -0.25) is 4.79 Å². The van der Waals surface area contributed by atoms with Gasteiger partial charge in [0.25, 0.3) is 0 Å². The Labute approximate surface area is 82.1 Å². The Bertz CT molecular complexity index is 392. The summed E-state index contributed by atoms with van der Waals surface area (Å²) in [7, 11) is 0. The summed E-state index contributed by atoms with van der Waals surface area (Å²) >= 11 is 0. The molecule has 1 aliphatic rings. The van der Waals surface area contributed by atoms with Gasteiger partial charge in [0.15, 0.2) is 0 Å². The van der Waals surface area contributed by atoms with E-state index in [1.54, 1.807) is 0 Å². The molecule has 3 heteroatoms. The summed E-state index contributed by atoms with van der Waals surface area (Å²) in [5, 5.41) is 12.1. The van der Waals surface area contributed by atoms with Crippen molar-refractivity contribution in [2.24, 2.45) is 0 Å². The van der Waals surface area contributed by atoms with Crippen LogP contribution in [0.5, 0.6) is 0 Å². The molecule has 0 fully saturated rings. The lowest BCUT2D eigenvalue weighted by atomic mass is 10.1. The van der Waals surface area contributed by atoms with Crippen LogP contribution in [0.25, 0.3) is 0 Å². The maximum Gasteiger partial charge on any atom is 0.248 e. The van der Waals surface area contributed by atoms with Gasteiger partial charge in [-0.15, -0.1) is 0 Å². The second kappa shape index (κ2) is 3.18. The van der Waals surface area contributed by atoms with E-state index >= 15 is 0 Å². The standard InChI is InChI=1S/C11H11NO2/c1-7-2-4-8(5-3-7)11-9(13)6-10(14)12-11/h2-6,11,13H,1H3,(H,12,14). The van der Waals surface area contributed by atoms with Crippen molar-refractivity contribution >= 4 is 5.91 Å². The molecule has 0 saturated heterocycles. The van der Waals surface area contributed by atoms with Gasteiger partial charge in [-0.2, -0.15) is 0 Å². The second-order valence-corrected chi connectivity index (χ2v) is 3.42. The molecule has 0 aliphatic carbocycles. The molecule has 0 radical (unpaired) electrons. The topological polar surface area (TPSA) is 49.3 Å². The van der Waals surface area contributed by atoms with E-state index in [0.29, 0.717) is 0 Å². The highest BCUT2D eigenvalue weighted by atomic mass is 16.3. The normalized spacial score (nSPS) is 20.5. The number of nitrogens with one attached hydrogen (secondary N) is 1. The number of aryl methyl sites for hydroxylation is 1. The van der Waals surface area contributed by atoms with Gasteiger partial charge >= 0.3 is 0 Å². The van der Waals surface area contributed by atoms with Gasteiger partial charge in [0, 0.05) is 6.08 Å². The fourth-order valence-electron chi connectivity index (χ4n) is 1.49. The summed E-state index contributed by atoms with van der Waals surface area (Å²) in [6.45, 7) is 1.99. The van der Waals surface area contributed by atoms with E-state index < -0.39 is 0 Å². The first-order valence-corrected chi connectivity index (χ1v) is 4.44. The maximum absolute atomic E-state index is 11.0. The summed E-state index contributed by atoms with van der Waals surface area (Å²) in [4.78, 5) is 11.0. The van der Waals surface area contributed by atoms with Gasteiger partial charge in [-0.25, -0.2) is 0 Å². The minimum atomic E-state index is -0.372. The molecule has 0 spiro atoms. The molecule has 0 aromatic heterocycles. The Hall–Kier alpha value is -1.77. The van der Waals surface area contributed by atoms with Gasteiger partial charge in [-0.05, 0) is 12.5 Å². The zero-order valence-electron chi connectivity index (χ0n) is 7.82. The molecule has 72 valence electrons. The van der Waals surface area contributed by atoms with Crippen molar-refractivity contribution in [2.75, 3.05) is 0 Å². The molecule has 2 N–H and O–H groups in total. The predicted molar refractivity (Wildman–Crippen MR) is 52.8 cm³/mol. The molecule has 1 aliphatic heterocycles. The number of carbonyl (C=O) groups is 1.